The molecule has 1 aromatic heterocycles. The number of halogens is 1. The Morgan fingerprint density at radius 2 is 1.91 bits per heavy atom. The molecule has 3 rings (SSSR count). The second-order valence-electron chi connectivity index (χ2n) is 9.62. The maximum absolute atomic E-state index is 15.3. The van der Waals surface area contributed by atoms with Crippen LogP contribution in [0.5, 0.6) is 5.75 Å². The Labute approximate surface area is 194 Å². The van der Waals surface area contributed by atoms with Crippen molar-refractivity contribution < 1.29 is 13.9 Å². The van der Waals surface area contributed by atoms with Crippen molar-refractivity contribution in [1.29, 1.82) is 0 Å². The van der Waals surface area contributed by atoms with Gasteiger partial charge in [-0.2, -0.15) is 4.68 Å². The summed E-state index contributed by atoms with van der Waals surface area (Å²) in [4.78, 5) is 25.9. The molecule has 33 heavy (non-hydrogen) atoms. The number of aromatic nitrogens is 3. The molecule has 0 unspecified atom stereocenters. The molecule has 2 N–H and O–H groups in total. The van der Waals surface area contributed by atoms with Crippen LogP contribution in [0.4, 0.5) is 4.39 Å². The summed E-state index contributed by atoms with van der Waals surface area (Å²) in [6, 6.07) is 2.59. The first-order valence-electron chi connectivity index (χ1n) is 11.8. The summed E-state index contributed by atoms with van der Waals surface area (Å²) in [5, 5.41) is 10.6. The normalized spacial score (nSPS) is 15.8. The summed E-state index contributed by atoms with van der Waals surface area (Å²) in [5.74, 6) is 0.0837. The standard InChI is InChI=1S/C24H36FN5O3/c1-14(2)11-16(5)33-21-13-20(30-24(32)29(6)22(28-30)15(3)4)19(25)12-18(21)23(31)27-17-7-9-26-10-8-17/h12-17,26H,7-11H2,1-6H3,(H,27,31)/t16-/m0/s1. The molecular weight excluding hydrogens is 425 g/mol. The minimum absolute atomic E-state index is 0.0103. The first-order valence-corrected chi connectivity index (χ1v) is 11.8. The third kappa shape index (κ3) is 5.82. The minimum atomic E-state index is -0.704. The van der Waals surface area contributed by atoms with E-state index in [1.54, 1.807) is 7.05 Å². The molecule has 8 nitrogen and oxygen atoms in total. The molecule has 0 bridgehead atoms. The van der Waals surface area contributed by atoms with E-state index in [0.29, 0.717) is 11.7 Å². The van der Waals surface area contributed by atoms with Crippen molar-refractivity contribution in [2.45, 2.75) is 71.9 Å². The lowest BCUT2D eigenvalue weighted by molar-refractivity contribution is 0.0921. The fraction of sp³-hybridized carbons (Fsp3) is 0.625. The van der Waals surface area contributed by atoms with Crippen LogP contribution in [-0.4, -0.2) is 45.5 Å². The van der Waals surface area contributed by atoms with Crippen LogP contribution in [-0.2, 0) is 7.05 Å². The largest absolute Gasteiger partial charge is 0.490 e. The quantitative estimate of drug-likeness (QED) is 0.630. The van der Waals surface area contributed by atoms with Gasteiger partial charge in [0, 0.05) is 25.1 Å². The van der Waals surface area contributed by atoms with Gasteiger partial charge < -0.3 is 15.4 Å². The van der Waals surface area contributed by atoms with E-state index < -0.39 is 11.5 Å². The Bertz CT molecular complexity index is 1040. The van der Waals surface area contributed by atoms with E-state index in [-0.39, 0.29) is 41.0 Å². The zero-order valence-electron chi connectivity index (χ0n) is 20.4. The van der Waals surface area contributed by atoms with Gasteiger partial charge in [-0.25, -0.2) is 9.18 Å². The highest BCUT2D eigenvalue weighted by atomic mass is 19.1. The van der Waals surface area contributed by atoms with E-state index in [1.807, 2.05) is 20.8 Å². The van der Waals surface area contributed by atoms with Gasteiger partial charge in [-0.05, 0) is 51.3 Å². The van der Waals surface area contributed by atoms with Gasteiger partial charge in [-0.1, -0.05) is 27.7 Å². The fourth-order valence-electron chi connectivity index (χ4n) is 4.25. The van der Waals surface area contributed by atoms with Gasteiger partial charge in [0.2, 0.25) is 0 Å². The number of hydrogen-bond donors (Lipinski definition) is 2. The number of nitrogens with one attached hydrogen (secondary N) is 2. The predicted molar refractivity (Wildman–Crippen MR) is 126 cm³/mol. The Balaban J connectivity index is 2.03. The Hall–Kier alpha value is -2.68. The second-order valence-corrected chi connectivity index (χ2v) is 9.62. The first kappa shape index (κ1) is 25.0. The Morgan fingerprint density at radius 3 is 2.48 bits per heavy atom. The SMILES string of the molecule is CC(C)C[C@H](C)Oc1cc(-n2nc(C(C)C)n(C)c2=O)c(F)cc1C(=O)NC1CCNCC1. The summed E-state index contributed by atoms with van der Waals surface area (Å²) >= 11 is 0. The number of carbonyl (C=O) groups is 1. The highest BCUT2D eigenvalue weighted by Crippen LogP contribution is 2.28. The van der Waals surface area contributed by atoms with Crippen LogP contribution in [0.1, 0.15) is 76.0 Å². The zero-order valence-corrected chi connectivity index (χ0v) is 20.4. The number of carbonyl (C=O) groups excluding carboxylic acids is 1. The maximum Gasteiger partial charge on any atom is 0.350 e. The minimum Gasteiger partial charge on any atom is -0.490 e. The van der Waals surface area contributed by atoms with Crippen LogP contribution in [0, 0.1) is 11.7 Å². The summed E-state index contributed by atoms with van der Waals surface area (Å²) in [6.07, 6.45) is 2.20. The van der Waals surface area contributed by atoms with E-state index in [2.05, 4.69) is 29.6 Å². The van der Waals surface area contributed by atoms with Gasteiger partial charge in [0.1, 0.15) is 23.1 Å². The van der Waals surface area contributed by atoms with Crippen LogP contribution in [0.3, 0.4) is 0 Å². The molecule has 2 aromatic rings. The highest BCUT2D eigenvalue weighted by molar-refractivity contribution is 5.97. The van der Waals surface area contributed by atoms with Gasteiger partial charge in [-0.3, -0.25) is 9.36 Å². The molecule has 0 spiro atoms. The van der Waals surface area contributed by atoms with E-state index in [0.717, 1.165) is 43.1 Å². The van der Waals surface area contributed by atoms with Gasteiger partial charge in [0.25, 0.3) is 5.91 Å². The van der Waals surface area contributed by atoms with Crippen LogP contribution in [0.25, 0.3) is 5.69 Å². The van der Waals surface area contributed by atoms with Crippen molar-refractivity contribution in [3.8, 4) is 11.4 Å². The average Bonchev–Trinajstić information content (AvgIpc) is 3.04. The summed E-state index contributed by atoms with van der Waals surface area (Å²) in [5.41, 5.74) is -0.364. The van der Waals surface area contributed by atoms with Gasteiger partial charge >= 0.3 is 5.69 Å². The van der Waals surface area contributed by atoms with E-state index in [1.165, 1.54) is 10.6 Å². The molecule has 1 saturated heterocycles. The van der Waals surface area contributed by atoms with Crippen molar-refractivity contribution in [2.75, 3.05) is 13.1 Å². The number of ether oxygens (including phenoxy) is 1. The summed E-state index contributed by atoms with van der Waals surface area (Å²) in [6.45, 7) is 11.6. The number of hydrogen-bond acceptors (Lipinski definition) is 5. The van der Waals surface area contributed by atoms with Gasteiger partial charge in [0.15, 0.2) is 0 Å². The van der Waals surface area contributed by atoms with Crippen molar-refractivity contribution in [3.63, 3.8) is 0 Å². The average molecular weight is 462 g/mol. The molecule has 0 radical (unpaired) electrons. The fourth-order valence-corrected chi connectivity index (χ4v) is 4.25. The Morgan fingerprint density at radius 1 is 1.24 bits per heavy atom. The summed E-state index contributed by atoms with van der Waals surface area (Å²) in [7, 11) is 1.61. The molecule has 1 fully saturated rings. The number of piperidine rings is 1. The molecular formula is C24H36FN5O3. The molecule has 1 atom stereocenters. The predicted octanol–water partition coefficient (Wildman–Crippen LogP) is 3.13. The second kappa shape index (κ2) is 10.5. The molecule has 1 aromatic carbocycles. The van der Waals surface area contributed by atoms with E-state index in [9.17, 15) is 9.59 Å². The molecule has 1 aliphatic rings. The van der Waals surface area contributed by atoms with E-state index in [4.69, 9.17) is 4.74 Å². The van der Waals surface area contributed by atoms with E-state index >= 15 is 4.39 Å². The third-order valence-corrected chi connectivity index (χ3v) is 5.86. The van der Waals surface area contributed by atoms with Crippen molar-refractivity contribution in [1.82, 2.24) is 25.0 Å². The zero-order chi connectivity index (χ0) is 24.3. The molecule has 1 amide bonds. The molecule has 2 heterocycles. The number of benzene rings is 1. The lowest BCUT2D eigenvalue weighted by Crippen LogP contribution is -2.42. The third-order valence-electron chi connectivity index (χ3n) is 5.86. The molecule has 0 aliphatic carbocycles. The lowest BCUT2D eigenvalue weighted by Gasteiger charge is -2.25. The van der Waals surface area contributed by atoms with Crippen LogP contribution >= 0.6 is 0 Å². The van der Waals surface area contributed by atoms with Crippen molar-refractivity contribution in [2.24, 2.45) is 13.0 Å². The van der Waals surface area contributed by atoms with Gasteiger partial charge in [0.05, 0.1) is 11.7 Å². The topological polar surface area (TPSA) is 90.2 Å². The van der Waals surface area contributed by atoms with Gasteiger partial charge in [-0.15, -0.1) is 5.10 Å². The van der Waals surface area contributed by atoms with Crippen LogP contribution < -0.4 is 21.1 Å². The van der Waals surface area contributed by atoms with Crippen molar-refractivity contribution in [3.05, 3.63) is 39.8 Å². The number of rotatable bonds is 8. The number of amides is 1. The number of nitrogens with zero attached hydrogens (tertiary/aromatic N) is 3. The smallest absolute Gasteiger partial charge is 0.350 e. The lowest BCUT2D eigenvalue weighted by atomic mass is 10.0. The monoisotopic (exact) mass is 461 g/mol. The molecule has 1 aliphatic heterocycles. The van der Waals surface area contributed by atoms with Crippen LogP contribution in [0.15, 0.2) is 16.9 Å². The van der Waals surface area contributed by atoms with Crippen LogP contribution in [0.2, 0.25) is 0 Å². The van der Waals surface area contributed by atoms with Crippen molar-refractivity contribution >= 4 is 5.91 Å². The summed E-state index contributed by atoms with van der Waals surface area (Å²) < 4.78 is 23.8. The molecule has 9 heteroatoms. The molecule has 182 valence electrons. The highest BCUT2D eigenvalue weighted by Gasteiger charge is 2.25. The molecule has 0 saturated carbocycles. The first-order chi connectivity index (χ1) is 15.6. The maximum atomic E-state index is 15.3. The Kier molecular flexibility index (Phi) is 7.94.